The molecular weight excluding hydrogens is 439 g/mol. The van der Waals surface area contributed by atoms with Crippen LogP contribution in [0.2, 0.25) is 0 Å². The van der Waals surface area contributed by atoms with Crippen LogP contribution in [0, 0.1) is 5.92 Å². The number of nitrogens with one attached hydrogen (secondary N) is 2. The van der Waals surface area contributed by atoms with Gasteiger partial charge in [0.05, 0.1) is 12.2 Å². The molecule has 0 saturated carbocycles. The van der Waals surface area contributed by atoms with Crippen molar-refractivity contribution < 1.29 is 4.52 Å². The smallest absolute Gasteiger partial charge is 0.191 e. The molecular formula is C20H31IN4O. The summed E-state index contributed by atoms with van der Waals surface area (Å²) in [6.45, 7) is 10.1. The highest BCUT2D eigenvalue weighted by Gasteiger charge is 2.16. The van der Waals surface area contributed by atoms with Crippen LogP contribution < -0.4 is 10.6 Å². The molecule has 0 bridgehead atoms. The van der Waals surface area contributed by atoms with E-state index in [1.807, 2.05) is 6.07 Å². The van der Waals surface area contributed by atoms with Crippen molar-refractivity contribution in [2.75, 3.05) is 13.6 Å². The Kier molecular flexibility index (Phi) is 9.69. The molecule has 1 aromatic heterocycles. The highest BCUT2D eigenvalue weighted by Crippen LogP contribution is 2.23. The quantitative estimate of drug-likeness (QED) is 0.355. The summed E-state index contributed by atoms with van der Waals surface area (Å²) in [5.41, 5.74) is 2.32. The van der Waals surface area contributed by atoms with E-state index in [-0.39, 0.29) is 24.0 Å². The standard InChI is InChI=1S/C20H30N4O.HI/c1-14(2)18(16-9-7-6-8-10-16)13-23-20(21-5)22-12-17-11-19(15(3)4)24-25-17;/h6-11,14-15,18H,12-13H2,1-5H3,(H2,21,22,23);1H. The predicted molar refractivity (Wildman–Crippen MR) is 118 cm³/mol. The fraction of sp³-hybridized carbons (Fsp3) is 0.500. The van der Waals surface area contributed by atoms with E-state index in [4.69, 9.17) is 4.52 Å². The second-order valence-corrected chi connectivity index (χ2v) is 6.94. The summed E-state index contributed by atoms with van der Waals surface area (Å²) in [5, 5.41) is 10.8. The molecule has 0 aliphatic rings. The molecule has 0 amide bonds. The first-order valence-corrected chi connectivity index (χ1v) is 8.96. The number of hydrogen-bond donors (Lipinski definition) is 2. The Balaban J connectivity index is 0.00000338. The number of benzene rings is 1. The van der Waals surface area contributed by atoms with Crippen molar-refractivity contribution in [1.29, 1.82) is 0 Å². The van der Waals surface area contributed by atoms with Gasteiger partial charge in [0.1, 0.15) is 0 Å². The maximum absolute atomic E-state index is 5.36. The Labute approximate surface area is 174 Å². The van der Waals surface area contributed by atoms with Crippen LogP contribution in [-0.4, -0.2) is 24.7 Å². The maximum Gasteiger partial charge on any atom is 0.191 e. The molecule has 1 unspecified atom stereocenters. The summed E-state index contributed by atoms with van der Waals surface area (Å²) < 4.78 is 5.36. The molecule has 0 radical (unpaired) electrons. The number of aromatic nitrogens is 1. The third kappa shape index (κ3) is 6.63. The number of hydrogen-bond acceptors (Lipinski definition) is 3. The minimum Gasteiger partial charge on any atom is -0.359 e. The monoisotopic (exact) mass is 470 g/mol. The van der Waals surface area contributed by atoms with Gasteiger partial charge in [-0.2, -0.15) is 0 Å². The first-order chi connectivity index (χ1) is 12.0. The number of rotatable bonds is 7. The minimum atomic E-state index is 0. The van der Waals surface area contributed by atoms with Gasteiger partial charge < -0.3 is 15.2 Å². The van der Waals surface area contributed by atoms with Crippen LogP contribution in [0.3, 0.4) is 0 Å². The normalized spacial score (nSPS) is 12.8. The van der Waals surface area contributed by atoms with Gasteiger partial charge in [0.25, 0.3) is 0 Å². The summed E-state index contributed by atoms with van der Waals surface area (Å²) in [6.07, 6.45) is 0. The van der Waals surface area contributed by atoms with E-state index < -0.39 is 0 Å². The van der Waals surface area contributed by atoms with Crippen molar-refractivity contribution in [3.05, 3.63) is 53.4 Å². The summed E-state index contributed by atoms with van der Waals surface area (Å²) in [6, 6.07) is 12.6. The zero-order chi connectivity index (χ0) is 18.2. The van der Waals surface area contributed by atoms with Crippen LogP contribution >= 0.6 is 24.0 Å². The molecule has 6 heteroatoms. The number of nitrogens with zero attached hydrogens (tertiary/aromatic N) is 2. The lowest BCUT2D eigenvalue weighted by molar-refractivity contribution is 0.371. The Hall–Kier alpha value is -1.57. The Morgan fingerprint density at radius 1 is 1.12 bits per heavy atom. The minimum absolute atomic E-state index is 0. The second-order valence-electron chi connectivity index (χ2n) is 6.94. The largest absolute Gasteiger partial charge is 0.359 e. The second kappa shape index (κ2) is 11.2. The van der Waals surface area contributed by atoms with Crippen molar-refractivity contribution in [3.63, 3.8) is 0 Å². The molecule has 0 spiro atoms. The van der Waals surface area contributed by atoms with E-state index in [9.17, 15) is 0 Å². The lowest BCUT2D eigenvalue weighted by atomic mass is 9.88. The molecule has 1 heterocycles. The van der Waals surface area contributed by atoms with Gasteiger partial charge in [-0.3, -0.25) is 4.99 Å². The molecule has 0 saturated heterocycles. The zero-order valence-corrected chi connectivity index (χ0v) is 18.7. The molecule has 0 aliphatic carbocycles. The molecule has 1 aromatic carbocycles. The average Bonchev–Trinajstić information content (AvgIpc) is 3.08. The van der Waals surface area contributed by atoms with Crippen LogP contribution in [-0.2, 0) is 6.54 Å². The molecule has 0 aliphatic heterocycles. The molecule has 26 heavy (non-hydrogen) atoms. The van der Waals surface area contributed by atoms with Crippen molar-refractivity contribution >= 4 is 29.9 Å². The Morgan fingerprint density at radius 2 is 1.81 bits per heavy atom. The highest BCUT2D eigenvalue weighted by molar-refractivity contribution is 14.0. The SMILES string of the molecule is CN=C(NCc1cc(C(C)C)no1)NCC(c1ccccc1)C(C)C.I. The molecule has 144 valence electrons. The Morgan fingerprint density at radius 3 is 2.35 bits per heavy atom. The van der Waals surface area contributed by atoms with Crippen LogP contribution in [0.4, 0.5) is 0 Å². The molecule has 5 nitrogen and oxygen atoms in total. The molecule has 1 atom stereocenters. The van der Waals surface area contributed by atoms with Gasteiger partial charge in [0.15, 0.2) is 11.7 Å². The van der Waals surface area contributed by atoms with Gasteiger partial charge in [-0.25, -0.2) is 0 Å². The lowest BCUT2D eigenvalue weighted by Gasteiger charge is -2.23. The lowest BCUT2D eigenvalue weighted by Crippen LogP contribution is -2.39. The van der Waals surface area contributed by atoms with Crippen molar-refractivity contribution in [2.24, 2.45) is 10.9 Å². The van der Waals surface area contributed by atoms with Crippen molar-refractivity contribution in [1.82, 2.24) is 15.8 Å². The van der Waals surface area contributed by atoms with E-state index >= 15 is 0 Å². The fourth-order valence-corrected chi connectivity index (χ4v) is 2.72. The first-order valence-electron chi connectivity index (χ1n) is 8.96. The van der Waals surface area contributed by atoms with Gasteiger partial charge in [-0.05, 0) is 17.4 Å². The van der Waals surface area contributed by atoms with Gasteiger partial charge >= 0.3 is 0 Å². The maximum atomic E-state index is 5.36. The summed E-state index contributed by atoms with van der Waals surface area (Å²) in [5.74, 6) is 2.92. The van der Waals surface area contributed by atoms with Crippen molar-refractivity contribution in [3.8, 4) is 0 Å². The van der Waals surface area contributed by atoms with Gasteiger partial charge in [0, 0.05) is 25.6 Å². The van der Waals surface area contributed by atoms with E-state index in [1.165, 1.54) is 5.56 Å². The predicted octanol–water partition coefficient (Wildman–Crippen LogP) is 4.52. The van der Waals surface area contributed by atoms with E-state index in [1.54, 1.807) is 7.05 Å². The molecule has 0 fully saturated rings. The Bertz CT molecular complexity index is 667. The van der Waals surface area contributed by atoms with Gasteiger partial charge in [0.2, 0.25) is 0 Å². The molecule has 2 aromatic rings. The highest BCUT2D eigenvalue weighted by atomic mass is 127. The third-order valence-electron chi connectivity index (χ3n) is 4.34. The first kappa shape index (κ1) is 22.5. The summed E-state index contributed by atoms with van der Waals surface area (Å²) in [4.78, 5) is 4.30. The van der Waals surface area contributed by atoms with Crippen LogP contribution in [0.5, 0.6) is 0 Å². The van der Waals surface area contributed by atoms with Gasteiger partial charge in [-0.1, -0.05) is 63.2 Å². The topological polar surface area (TPSA) is 62.5 Å². The number of guanidine groups is 1. The third-order valence-corrected chi connectivity index (χ3v) is 4.34. The number of halogens is 1. The van der Waals surface area contributed by atoms with E-state index in [0.717, 1.165) is 24.0 Å². The summed E-state index contributed by atoms with van der Waals surface area (Å²) >= 11 is 0. The van der Waals surface area contributed by atoms with Gasteiger partial charge in [-0.15, -0.1) is 24.0 Å². The average molecular weight is 470 g/mol. The van der Waals surface area contributed by atoms with Crippen LogP contribution in [0.25, 0.3) is 0 Å². The molecule has 2 N–H and O–H groups in total. The van der Waals surface area contributed by atoms with E-state index in [0.29, 0.717) is 24.3 Å². The molecule has 2 rings (SSSR count). The zero-order valence-electron chi connectivity index (χ0n) is 16.3. The number of aliphatic imine (C=N–C) groups is 1. The van der Waals surface area contributed by atoms with E-state index in [2.05, 4.69) is 78.8 Å². The van der Waals surface area contributed by atoms with Crippen LogP contribution in [0.15, 0.2) is 45.9 Å². The fourth-order valence-electron chi connectivity index (χ4n) is 2.72. The van der Waals surface area contributed by atoms with Crippen LogP contribution in [0.1, 0.15) is 56.5 Å². The summed E-state index contributed by atoms with van der Waals surface area (Å²) in [7, 11) is 1.78. The van der Waals surface area contributed by atoms with Crippen molar-refractivity contribution in [2.45, 2.75) is 46.1 Å².